The van der Waals surface area contributed by atoms with Gasteiger partial charge in [-0.05, 0) is 384 Å². The lowest BCUT2D eigenvalue weighted by atomic mass is 9.45. The van der Waals surface area contributed by atoms with E-state index in [4.69, 9.17) is 0 Å². The number of allylic oxidation sites excluding steroid dienone is 2. The van der Waals surface area contributed by atoms with E-state index in [1.165, 1.54) is 44.5 Å². The Morgan fingerprint density at radius 2 is 0.478 bits per heavy atom. The van der Waals surface area contributed by atoms with Crippen LogP contribution in [-0.4, -0.2) is 0 Å². The van der Waals surface area contributed by atoms with Crippen LogP contribution in [0.15, 0.2) is 212 Å². The van der Waals surface area contributed by atoms with Crippen molar-refractivity contribution in [3.8, 4) is 11.1 Å². The van der Waals surface area contributed by atoms with Crippen molar-refractivity contribution >= 4 is 194 Å². The molecule has 0 spiro atoms. The van der Waals surface area contributed by atoms with Crippen molar-refractivity contribution in [2.75, 3.05) is 0 Å². The van der Waals surface area contributed by atoms with Crippen LogP contribution in [0.4, 0.5) is 0 Å². The van der Waals surface area contributed by atoms with E-state index in [-0.39, 0.29) is 5.92 Å². The molecule has 19 aliphatic rings. The van der Waals surface area contributed by atoms with Crippen molar-refractivity contribution in [3.63, 3.8) is 0 Å². The normalized spacial score (nSPS) is 26.9. The lowest BCUT2D eigenvalue weighted by Gasteiger charge is -2.55. The van der Waals surface area contributed by atoms with Gasteiger partial charge >= 0.3 is 0 Å². The molecule has 0 heteroatoms. The Kier molecular flexibility index (Phi) is 5.26. The fraction of sp³-hybridized carbons (Fsp3) is 0.0796. The van der Waals surface area contributed by atoms with Gasteiger partial charge in [-0.2, -0.15) is 0 Å². The maximum Gasteiger partial charge on any atom is 0.0733 e. The third-order valence-electron chi connectivity index (χ3n) is 37.9. The molecule has 0 bridgehead atoms. The first kappa shape index (κ1) is 48.2. The zero-order valence-corrected chi connectivity index (χ0v) is 59.7. The summed E-state index contributed by atoms with van der Waals surface area (Å²) in [5, 5.41) is 59.8. The van der Waals surface area contributed by atoms with E-state index in [1.54, 1.807) is 338 Å². The van der Waals surface area contributed by atoms with E-state index < -0.39 is 37.9 Å². The van der Waals surface area contributed by atoms with Crippen LogP contribution in [0.25, 0.3) is 205 Å². The van der Waals surface area contributed by atoms with Gasteiger partial charge in [-0.25, -0.2) is 0 Å². The minimum absolute atomic E-state index is 0.00751. The Labute approximate surface area is 634 Å². The maximum atomic E-state index is 2.73. The van der Waals surface area contributed by atoms with Gasteiger partial charge in [-0.15, -0.1) is 0 Å². The molecule has 44 rings (SSSR count). The fourth-order valence-electron chi connectivity index (χ4n) is 37.2. The van der Waals surface area contributed by atoms with Crippen LogP contribution < -0.4 is 5.22 Å². The van der Waals surface area contributed by atoms with Gasteiger partial charge in [0.05, 0.1) is 37.9 Å². The molecule has 25 aromatic rings. The molecule has 0 aliphatic heterocycles. The maximum absolute atomic E-state index is 2.73. The average Bonchev–Trinajstić information content (AvgIpc) is 1.37. The second-order valence-corrected chi connectivity index (χ2v) is 39.1. The summed E-state index contributed by atoms with van der Waals surface area (Å²) >= 11 is 0. The molecule has 25 aromatic carbocycles. The predicted octanol–water partition coefficient (Wildman–Crippen LogP) is 24.0. The summed E-state index contributed by atoms with van der Waals surface area (Å²) in [6, 6.07) is 86.6. The number of aryl methyl sites for hydroxylation is 1. The number of benzene rings is 22. The van der Waals surface area contributed by atoms with Crippen LogP contribution >= 0.6 is 0 Å². The molecule has 0 saturated heterocycles. The summed E-state index contributed by atoms with van der Waals surface area (Å²) in [6.07, 6.45) is 0. The SMILES string of the molecule is Cc1ccc(C23c4c5c6c7c8c4c4c2c2c9c%10c4c4c%11c%12c%13c(c84)[C@]7(c4ccccc4)c4c7c8c%14c4c=%13c4c%13c%15c%16c%17c%18c%19c%20c(c9c9c%21c2c2c%22c%23c(c-5c(c5c%23c%23c(c(c%14%13)c%13c%15c%18c%14c%13c%23c%22c%21c%14c%199)C58c5ccccc5)[C@]67c5ccccc5)[C@@H]23)C%10(c2ccccc2)C%11=C(C=%12[C@@]4%16c2ccccc2)[C@]%20%17c2ccccc2)cc1. The first-order valence-electron chi connectivity index (χ1n) is 41.9. The van der Waals surface area contributed by atoms with E-state index >= 15 is 0 Å². The molecule has 0 amide bonds. The zero-order chi connectivity index (χ0) is 69.5. The fourth-order valence-corrected chi connectivity index (χ4v) is 37.2. The Hall–Kier alpha value is -13.5. The standard InChI is InChI=1S/C113H38/c1-36-32-34-43(35-33-36)107-86-61-55-47-44-45-46-48-50(47)63-73-58(55)65(86)84-85-92(107)80-77-67-60-68-81(80)98-104(85)113(42-30-18-7-19-31-42)99(84)95(73)108(37-20-8-2-9-21-37)87(63)62-51(48)56-53(46)71-70-52(45)54-49(44)57(61)64(88(77)107)76-72(54)94-97(70)112(41-28-16-6-17-29-41)96(71)93-69(56)66-59(62)74-82-78-79(91(68)111(98,40-26-14-5-15-27-40)103(82)106(113)100(74)108)83-75(60)101(109(94,90(67)76)38-22-10-3-11-23-38)105(112)102(83)110(93,89(66)78)39-24-12-4-13-25-39/h2-35,86H,1H3/t86-,107?,108?,109?,110+,111+,112+,113-/m1/s1. The monoisotopic (exact) mass is 1390 g/mol. The second-order valence-electron chi connectivity index (χ2n) is 39.1. The van der Waals surface area contributed by atoms with Gasteiger partial charge in [0, 0.05) is 5.92 Å². The first-order valence-corrected chi connectivity index (χ1v) is 41.9. The summed E-state index contributed by atoms with van der Waals surface area (Å²) < 4.78 is 0. The summed E-state index contributed by atoms with van der Waals surface area (Å²) in [4.78, 5) is 0. The van der Waals surface area contributed by atoms with Gasteiger partial charge in [0.2, 0.25) is 0 Å². The zero-order valence-electron chi connectivity index (χ0n) is 59.7. The molecule has 3 unspecified atom stereocenters. The second kappa shape index (κ2) is 12.3. The molecule has 0 heterocycles. The molecule has 8 atom stereocenters. The van der Waals surface area contributed by atoms with E-state index in [2.05, 4.69) is 213 Å². The van der Waals surface area contributed by atoms with E-state index in [0.29, 0.717) is 0 Å². The Morgan fingerprint density at radius 3 is 1.04 bits per heavy atom. The van der Waals surface area contributed by atoms with Gasteiger partial charge in [-0.1, -0.05) is 212 Å². The molecule has 490 valence electrons. The lowest BCUT2D eigenvalue weighted by Crippen LogP contribution is -2.50. The predicted molar refractivity (Wildman–Crippen MR) is 453 cm³/mol. The van der Waals surface area contributed by atoms with Crippen LogP contribution in [0.2, 0.25) is 0 Å². The summed E-state index contributed by atoms with van der Waals surface area (Å²) in [5.74, 6) is 0.00751. The van der Waals surface area contributed by atoms with E-state index in [1.807, 2.05) is 0 Å². The van der Waals surface area contributed by atoms with Crippen molar-refractivity contribution in [1.29, 1.82) is 0 Å². The Morgan fingerprint density at radius 1 is 0.168 bits per heavy atom. The van der Waals surface area contributed by atoms with E-state index in [0.717, 1.165) is 0 Å². The molecule has 0 nitrogen and oxygen atoms in total. The largest absolute Gasteiger partial charge is 0.0733 e. The van der Waals surface area contributed by atoms with Crippen molar-refractivity contribution in [1.82, 2.24) is 0 Å². The molecule has 0 aromatic heterocycles. The molecule has 19 aliphatic carbocycles. The smallest absolute Gasteiger partial charge is 0.0622 e. The van der Waals surface area contributed by atoms with Crippen molar-refractivity contribution in [3.05, 3.63) is 383 Å². The number of hydrogen-bond donors (Lipinski definition) is 0. The highest BCUT2D eigenvalue weighted by Crippen LogP contribution is 2.93. The van der Waals surface area contributed by atoms with Gasteiger partial charge in [0.25, 0.3) is 0 Å². The van der Waals surface area contributed by atoms with Crippen LogP contribution in [0.3, 0.4) is 0 Å². The Bertz CT molecular complexity index is 10400. The summed E-state index contributed by atoms with van der Waals surface area (Å²) in [6.45, 7) is 2.37. The third kappa shape index (κ3) is 3.05. The average molecular weight is 1400 g/mol. The quantitative estimate of drug-likeness (QED) is 0.110. The lowest BCUT2D eigenvalue weighted by molar-refractivity contribution is 0.558. The molecule has 113 heavy (non-hydrogen) atoms. The van der Waals surface area contributed by atoms with Crippen molar-refractivity contribution in [2.24, 2.45) is 0 Å². The summed E-state index contributed by atoms with van der Waals surface area (Å²) in [5.41, 5.74) is 48.1. The van der Waals surface area contributed by atoms with Crippen LogP contribution in [0.5, 0.6) is 0 Å². The van der Waals surface area contributed by atoms with E-state index in [9.17, 15) is 0 Å². The molecule has 0 N–H and O–H groups in total. The van der Waals surface area contributed by atoms with Gasteiger partial charge in [0.1, 0.15) is 0 Å². The highest BCUT2D eigenvalue weighted by molar-refractivity contribution is 6.69. The number of rotatable bonds is 7. The topological polar surface area (TPSA) is 0 Å². The molecular formula is C113H38. The minimum atomic E-state index is -0.741. The van der Waals surface area contributed by atoms with Gasteiger partial charge in [0.15, 0.2) is 0 Å². The van der Waals surface area contributed by atoms with Gasteiger partial charge in [-0.3, -0.25) is 0 Å². The van der Waals surface area contributed by atoms with Crippen molar-refractivity contribution < 1.29 is 0 Å². The summed E-state index contributed by atoms with van der Waals surface area (Å²) in [7, 11) is 0. The van der Waals surface area contributed by atoms with Crippen LogP contribution in [0, 0.1) is 17.4 Å². The molecule has 0 radical (unpaired) electrons. The Balaban J connectivity index is 0.978. The minimum Gasteiger partial charge on any atom is -0.0622 e. The first-order chi connectivity index (χ1) is 56.2. The van der Waals surface area contributed by atoms with Gasteiger partial charge < -0.3 is 0 Å². The van der Waals surface area contributed by atoms with Crippen LogP contribution in [-0.2, 0) is 37.9 Å². The molecular weight excluding hydrogens is 1360 g/mol. The highest BCUT2D eigenvalue weighted by Gasteiger charge is 2.80. The third-order valence-corrected chi connectivity index (χ3v) is 37.9. The van der Waals surface area contributed by atoms with Crippen LogP contribution in [0.1, 0.15) is 162 Å². The number of hydrogen-bond acceptors (Lipinski definition) is 0. The van der Waals surface area contributed by atoms with Crippen molar-refractivity contribution in [2.45, 2.75) is 50.7 Å². The molecule has 0 saturated carbocycles. The molecule has 0 fully saturated rings. The highest BCUT2D eigenvalue weighted by atomic mass is 14.8.